The summed E-state index contributed by atoms with van der Waals surface area (Å²) in [5, 5.41) is 17.7. The van der Waals surface area contributed by atoms with Gasteiger partial charge in [-0.2, -0.15) is 37.4 Å². The molecular formula is C22H18ClF5N6. The Bertz CT molecular complexity index is 1310. The minimum atomic E-state index is -5.84. The van der Waals surface area contributed by atoms with Crippen LogP contribution in [0.3, 0.4) is 0 Å². The van der Waals surface area contributed by atoms with E-state index in [1.54, 1.807) is 18.2 Å². The van der Waals surface area contributed by atoms with Crippen LogP contribution in [-0.4, -0.2) is 32.8 Å². The van der Waals surface area contributed by atoms with E-state index in [0.29, 0.717) is 34.6 Å². The molecule has 6 nitrogen and oxygen atoms in total. The first-order valence-corrected chi connectivity index (χ1v) is 10.4. The van der Waals surface area contributed by atoms with Crippen LogP contribution in [0.25, 0.3) is 16.9 Å². The summed E-state index contributed by atoms with van der Waals surface area (Å²) in [6.45, 7) is 3.47. The molecule has 0 spiro atoms. The van der Waals surface area contributed by atoms with Gasteiger partial charge in [0.15, 0.2) is 11.5 Å². The summed E-state index contributed by atoms with van der Waals surface area (Å²) in [6.07, 6.45) is -0.451. The van der Waals surface area contributed by atoms with Gasteiger partial charge in [0.1, 0.15) is 5.69 Å². The number of rotatable bonds is 6. The summed E-state index contributed by atoms with van der Waals surface area (Å²) >= 11 is 6.30. The van der Waals surface area contributed by atoms with Crippen molar-refractivity contribution in [2.75, 3.05) is 11.9 Å². The van der Waals surface area contributed by atoms with E-state index in [-0.39, 0.29) is 5.82 Å². The Morgan fingerprint density at radius 2 is 1.91 bits per heavy atom. The third-order valence-corrected chi connectivity index (χ3v) is 6.18. The van der Waals surface area contributed by atoms with Crippen LogP contribution >= 0.6 is 11.6 Å². The Hall–Kier alpha value is -3.39. The first-order valence-electron chi connectivity index (χ1n) is 10.0. The lowest BCUT2D eigenvalue weighted by Gasteiger charge is -2.22. The van der Waals surface area contributed by atoms with E-state index >= 15 is 0 Å². The van der Waals surface area contributed by atoms with E-state index in [0.717, 1.165) is 15.8 Å². The Morgan fingerprint density at radius 3 is 2.47 bits per heavy atom. The number of benzene rings is 1. The van der Waals surface area contributed by atoms with Gasteiger partial charge in [0.05, 0.1) is 17.7 Å². The quantitative estimate of drug-likeness (QED) is 0.410. The second-order valence-corrected chi connectivity index (χ2v) is 8.48. The molecule has 1 aliphatic carbocycles. The molecule has 1 aromatic carbocycles. The number of hydrogen-bond acceptors (Lipinski definition) is 4. The Kier molecular flexibility index (Phi) is 5.48. The van der Waals surface area contributed by atoms with Gasteiger partial charge >= 0.3 is 12.1 Å². The highest BCUT2D eigenvalue weighted by atomic mass is 35.5. The van der Waals surface area contributed by atoms with Crippen molar-refractivity contribution in [2.24, 2.45) is 7.05 Å². The molecule has 178 valence electrons. The maximum absolute atomic E-state index is 14.3. The Balaban J connectivity index is 1.83. The maximum Gasteiger partial charge on any atom is 0.459 e. The first kappa shape index (κ1) is 23.8. The number of aromatic nitrogens is 4. The number of nitriles is 1. The van der Waals surface area contributed by atoms with Gasteiger partial charge in [-0.3, -0.25) is 0 Å². The minimum Gasteiger partial charge on any atom is -0.347 e. The SMILES string of the molecule is C=CN(C)c1c(C(F)(F)C(F)(F)F)nn(C)c1-n1cc(-c2ccc(Cl)c(C3(C#N)CC3)c2)cn1. The molecule has 2 heterocycles. The molecule has 1 fully saturated rings. The van der Waals surface area contributed by atoms with Crippen molar-refractivity contribution in [3.05, 3.63) is 59.7 Å². The van der Waals surface area contributed by atoms with Gasteiger partial charge in [0.25, 0.3) is 0 Å². The highest BCUT2D eigenvalue weighted by Gasteiger charge is 2.62. The molecule has 12 heteroatoms. The predicted molar refractivity (Wildman–Crippen MR) is 116 cm³/mol. The lowest BCUT2D eigenvalue weighted by Crippen LogP contribution is -2.35. The van der Waals surface area contributed by atoms with E-state index in [2.05, 4.69) is 22.8 Å². The summed E-state index contributed by atoms with van der Waals surface area (Å²) in [7, 11) is 2.54. The zero-order valence-corrected chi connectivity index (χ0v) is 18.8. The fourth-order valence-electron chi connectivity index (χ4n) is 3.75. The fourth-order valence-corrected chi connectivity index (χ4v) is 4.05. The van der Waals surface area contributed by atoms with Crippen molar-refractivity contribution < 1.29 is 22.0 Å². The standard InChI is InChI=1S/C22H18ClF5N6/c1-4-32(2)17-18(21(24,25)22(26,27)28)31-33(3)19(17)34-11-14(10-30-34)13-5-6-16(23)15(9-13)20(12-29)7-8-20/h4-6,9-11H,1,7-8H2,2-3H3. The molecule has 3 aromatic rings. The summed E-state index contributed by atoms with van der Waals surface area (Å²) in [4.78, 5) is 1.03. The summed E-state index contributed by atoms with van der Waals surface area (Å²) in [5.41, 5.74) is -0.703. The van der Waals surface area contributed by atoms with Crippen molar-refractivity contribution in [3.8, 4) is 23.0 Å². The lowest BCUT2D eigenvalue weighted by molar-refractivity contribution is -0.290. The third-order valence-electron chi connectivity index (χ3n) is 5.85. The second-order valence-electron chi connectivity index (χ2n) is 8.07. The molecule has 0 unspecified atom stereocenters. The number of halogens is 6. The monoisotopic (exact) mass is 496 g/mol. The van der Waals surface area contributed by atoms with Crippen molar-refractivity contribution in [1.29, 1.82) is 5.26 Å². The van der Waals surface area contributed by atoms with Crippen LogP contribution in [0, 0.1) is 11.3 Å². The van der Waals surface area contributed by atoms with E-state index in [1.165, 1.54) is 31.2 Å². The van der Waals surface area contributed by atoms with Crippen LogP contribution in [0.15, 0.2) is 43.4 Å². The van der Waals surface area contributed by atoms with Gasteiger partial charge in [0, 0.05) is 30.9 Å². The second kappa shape index (κ2) is 7.84. The molecule has 2 aromatic heterocycles. The molecule has 1 aliphatic rings. The largest absolute Gasteiger partial charge is 0.459 e. The van der Waals surface area contributed by atoms with Crippen LogP contribution in [-0.2, 0) is 18.4 Å². The molecule has 34 heavy (non-hydrogen) atoms. The number of hydrogen-bond donors (Lipinski definition) is 0. The maximum atomic E-state index is 14.3. The topological polar surface area (TPSA) is 62.7 Å². The van der Waals surface area contributed by atoms with Crippen molar-refractivity contribution in [2.45, 2.75) is 30.4 Å². The highest BCUT2D eigenvalue weighted by Crippen LogP contribution is 2.51. The van der Waals surface area contributed by atoms with Gasteiger partial charge in [0.2, 0.25) is 0 Å². The molecule has 1 saturated carbocycles. The summed E-state index contributed by atoms with van der Waals surface area (Å²) in [5.74, 6) is -5.32. The average molecular weight is 497 g/mol. The van der Waals surface area contributed by atoms with Gasteiger partial charge in [-0.15, -0.1) is 0 Å². The van der Waals surface area contributed by atoms with Gasteiger partial charge < -0.3 is 4.90 Å². The molecule has 0 aliphatic heterocycles. The smallest absolute Gasteiger partial charge is 0.347 e. The van der Waals surface area contributed by atoms with Crippen molar-refractivity contribution in [3.63, 3.8) is 0 Å². The third kappa shape index (κ3) is 3.62. The van der Waals surface area contributed by atoms with Crippen LogP contribution < -0.4 is 4.90 Å². The van der Waals surface area contributed by atoms with E-state index in [1.807, 2.05) is 0 Å². The molecule has 0 radical (unpaired) electrons. The molecule has 4 rings (SSSR count). The van der Waals surface area contributed by atoms with E-state index in [9.17, 15) is 27.2 Å². The molecule has 0 atom stereocenters. The first-order chi connectivity index (χ1) is 15.9. The zero-order chi connectivity index (χ0) is 25.1. The predicted octanol–water partition coefficient (Wildman–Crippen LogP) is 5.72. The fraction of sp³-hybridized carbons (Fsp3) is 0.318. The number of aryl methyl sites for hydroxylation is 1. The highest BCUT2D eigenvalue weighted by molar-refractivity contribution is 6.31. The molecular weight excluding hydrogens is 479 g/mol. The summed E-state index contributed by atoms with van der Waals surface area (Å²) in [6, 6.07) is 7.42. The number of anilines is 1. The number of alkyl halides is 5. The minimum absolute atomic E-state index is 0.113. The molecule has 0 N–H and O–H groups in total. The van der Waals surface area contributed by atoms with Crippen molar-refractivity contribution >= 4 is 17.3 Å². The zero-order valence-electron chi connectivity index (χ0n) is 18.0. The van der Waals surface area contributed by atoms with Crippen LogP contribution in [0.1, 0.15) is 24.1 Å². The van der Waals surface area contributed by atoms with E-state index < -0.39 is 28.9 Å². The van der Waals surface area contributed by atoms with Crippen LogP contribution in [0.5, 0.6) is 0 Å². The number of nitrogens with zero attached hydrogens (tertiary/aromatic N) is 6. The Labute approximate surface area is 196 Å². The van der Waals surface area contributed by atoms with Crippen molar-refractivity contribution in [1.82, 2.24) is 19.6 Å². The molecule has 0 bridgehead atoms. The van der Waals surface area contributed by atoms with E-state index in [4.69, 9.17) is 11.6 Å². The molecule has 0 saturated heterocycles. The van der Waals surface area contributed by atoms with Crippen LogP contribution in [0.2, 0.25) is 5.02 Å². The van der Waals surface area contributed by atoms with Gasteiger partial charge in [-0.25, -0.2) is 9.36 Å². The van der Waals surface area contributed by atoms with Gasteiger partial charge in [-0.1, -0.05) is 24.2 Å². The normalized spacial score (nSPS) is 15.1. The lowest BCUT2D eigenvalue weighted by atomic mass is 9.94. The van der Waals surface area contributed by atoms with Gasteiger partial charge in [-0.05, 0) is 42.3 Å². The average Bonchev–Trinajstić information content (AvgIpc) is 3.28. The van der Waals surface area contributed by atoms with Crippen LogP contribution in [0.4, 0.5) is 27.6 Å². The molecule has 0 amide bonds. The summed E-state index contributed by atoms with van der Waals surface area (Å²) < 4.78 is 70.1. The Morgan fingerprint density at radius 1 is 1.24 bits per heavy atom.